The molecule has 0 saturated carbocycles. The van der Waals surface area contributed by atoms with Crippen LogP contribution in [0, 0.1) is 0 Å². The molecule has 10 radical (unpaired) electrons. The van der Waals surface area contributed by atoms with E-state index >= 15 is 0 Å². The highest BCUT2D eigenvalue weighted by atomic mass is 32.2. The van der Waals surface area contributed by atoms with Crippen molar-refractivity contribution in [1.29, 1.82) is 0 Å². The first-order valence-corrected chi connectivity index (χ1v) is 5.56. The van der Waals surface area contributed by atoms with Crippen LogP contribution >= 0.6 is 11.9 Å². The molecule has 1 aliphatic heterocycles. The molecule has 1 rings (SSSR count). The molecule has 1 heterocycles. The van der Waals surface area contributed by atoms with Gasteiger partial charge in [0.2, 0.25) is 0 Å². The summed E-state index contributed by atoms with van der Waals surface area (Å²) in [6.07, 6.45) is 1.92. The normalized spacial score (nSPS) is 29.9. The first kappa shape index (κ1) is 12.7. The Labute approximate surface area is 97.7 Å². The minimum atomic E-state index is -1.09. The first-order chi connectivity index (χ1) is 6.14. The Morgan fingerprint density at radius 3 is 1.64 bits per heavy atom. The zero-order chi connectivity index (χ0) is 11.2. The number of hydrogen-bond donors (Lipinski definition) is 0. The molecule has 14 heavy (non-hydrogen) atoms. The van der Waals surface area contributed by atoms with Gasteiger partial charge in [-0.1, -0.05) is 34.6 Å². The van der Waals surface area contributed by atoms with Crippen molar-refractivity contribution in [2.75, 3.05) is 19.3 Å². The predicted octanol–water partition coefficient (Wildman–Crippen LogP) is -0.167. The Hall–Kier alpha value is 0.635. The third-order valence-corrected chi connectivity index (χ3v) is 3.84. The molecule has 0 aromatic heterocycles. The third-order valence-electron chi connectivity index (χ3n) is 3.07. The molecule has 0 amide bonds. The van der Waals surface area contributed by atoms with Crippen LogP contribution < -0.4 is 0 Å². The van der Waals surface area contributed by atoms with E-state index in [1.807, 2.05) is 10.6 Å². The quantitative estimate of drug-likeness (QED) is 0.421. The molecule has 0 bridgehead atoms. The van der Waals surface area contributed by atoms with Gasteiger partial charge in [0.25, 0.3) is 0 Å². The van der Waals surface area contributed by atoms with Crippen LogP contribution in [0.1, 0.15) is 6.92 Å². The van der Waals surface area contributed by atoms with E-state index in [2.05, 4.69) is 0 Å². The van der Waals surface area contributed by atoms with Gasteiger partial charge in [-0.25, -0.2) is 0 Å². The van der Waals surface area contributed by atoms with Crippen molar-refractivity contribution in [2.24, 2.45) is 0 Å². The zero-order valence-electron chi connectivity index (χ0n) is 8.66. The molecule has 0 unspecified atom stereocenters. The largest absolute Gasteiger partial charge is 0.253 e. The van der Waals surface area contributed by atoms with Crippen LogP contribution in [0.25, 0.3) is 0 Å². The van der Waals surface area contributed by atoms with Crippen LogP contribution in [-0.4, -0.2) is 62.9 Å². The van der Waals surface area contributed by atoms with E-state index in [9.17, 15) is 0 Å². The van der Waals surface area contributed by atoms with Crippen molar-refractivity contribution in [1.82, 2.24) is 4.31 Å². The van der Waals surface area contributed by atoms with Gasteiger partial charge in [-0.2, -0.15) is 0 Å². The third kappa shape index (κ3) is 1.82. The fourth-order valence-electron chi connectivity index (χ4n) is 1.53. The molecular formula is C7H10B5NS. The van der Waals surface area contributed by atoms with E-state index < -0.39 is 15.7 Å². The summed E-state index contributed by atoms with van der Waals surface area (Å²) in [5.74, 6) is 0. The van der Waals surface area contributed by atoms with Gasteiger partial charge in [0.05, 0.1) is 39.2 Å². The molecule has 0 aromatic rings. The molecule has 0 N–H and O–H groups in total. The van der Waals surface area contributed by atoms with Crippen LogP contribution in [0.2, 0.25) is 15.7 Å². The van der Waals surface area contributed by atoms with Crippen molar-refractivity contribution in [2.45, 2.75) is 22.7 Å². The van der Waals surface area contributed by atoms with Gasteiger partial charge >= 0.3 is 0 Å². The van der Waals surface area contributed by atoms with Gasteiger partial charge < -0.3 is 0 Å². The summed E-state index contributed by atoms with van der Waals surface area (Å²) in [5.41, 5.74) is 0. The summed E-state index contributed by atoms with van der Waals surface area (Å²) >= 11 is 1.51. The summed E-state index contributed by atoms with van der Waals surface area (Å²) in [5, 5.41) is -3.16. The van der Waals surface area contributed by atoms with Crippen LogP contribution in [-0.2, 0) is 0 Å². The van der Waals surface area contributed by atoms with Gasteiger partial charge in [-0.05, 0) is 19.3 Å². The standard InChI is InChI=1S/C7H10B5NS/c1-5(8)6(9,10)3-13(14-2)4-7(5,11)12/h3-4H2,1-2H3. The molecule has 1 fully saturated rings. The highest BCUT2D eigenvalue weighted by Crippen LogP contribution is 2.62. The maximum Gasteiger partial charge on any atom is 0.0719 e. The van der Waals surface area contributed by atoms with Gasteiger partial charge in [0, 0.05) is 0 Å². The number of hydrogen-bond acceptors (Lipinski definition) is 2. The molecule has 64 valence electrons. The SMILES string of the molecule is [B]C1([B])CN(SC)CC([B])([B])C1([B])C. The lowest BCUT2D eigenvalue weighted by molar-refractivity contribution is 0.276. The molecule has 7 heteroatoms. The highest BCUT2D eigenvalue weighted by Gasteiger charge is 2.50. The summed E-state index contributed by atoms with van der Waals surface area (Å²) < 4.78 is 1.93. The van der Waals surface area contributed by atoms with Crippen LogP contribution in [0.3, 0.4) is 0 Å². The van der Waals surface area contributed by atoms with Crippen molar-refractivity contribution < 1.29 is 0 Å². The van der Waals surface area contributed by atoms with Crippen molar-refractivity contribution in [3.63, 3.8) is 0 Å². The second-order valence-corrected chi connectivity index (χ2v) is 5.15. The predicted molar refractivity (Wildman–Crippen MR) is 67.6 cm³/mol. The minimum absolute atomic E-state index is 0.470. The molecule has 0 aliphatic carbocycles. The number of nitrogens with zero attached hydrogens (tertiary/aromatic N) is 1. The van der Waals surface area contributed by atoms with E-state index in [1.165, 1.54) is 11.9 Å². The number of rotatable bonds is 1. The Morgan fingerprint density at radius 2 is 1.36 bits per heavy atom. The summed E-state index contributed by atoms with van der Waals surface area (Å²) in [4.78, 5) is 0. The molecule has 1 saturated heterocycles. The summed E-state index contributed by atoms with van der Waals surface area (Å²) in [6, 6.07) is 0. The van der Waals surface area contributed by atoms with Crippen molar-refractivity contribution >= 4 is 51.2 Å². The van der Waals surface area contributed by atoms with E-state index in [0.717, 1.165) is 0 Å². The van der Waals surface area contributed by atoms with Gasteiger partial charge in [-0.15, -0.1) is 0 Å². The lowest BCUT2D eigenvalue weighted by atomic mass is 9.22. The molecule has 1 aliphatic rings. The maximum absolute atomic E-state index is 6.01. The van der Waals surface area contributed by atoms with Crippen LogP contribution in [0.5, 0.6) is 0 Å². The lowest BCUT2D eigenvalue weighted by Gasteiger charge is -2.61. The summed E-state index contributed by atoms with van der Waals surface area (Å²) in [6.45, 7) is 2.64. The van der Waals surface area contributed by atoms with Gasteiger partial charge in [0.15, 0.2) is 0 Å². The molecule has 0 atom stereocenters. The number of piperidine rings is 1. The van der Waals surface area contributed by atoms with Crippen molar-refractivity contribution in [3.8, 4) is 0 Å². The second kappa shape index (κ2) is 3.59. The monoisotopic (exact) mass is 195 g/mol. The smallest absolute Gasteiger partial charge is 0.0719 e. The van der Waals surface area contributed by atoms with E-state index in [0.29, 0.717) is 13.1 Å². The Morgan fingerprint density at radius 1 is 1.00 bits per heavy atom. The fourth-order valence-corrected chi connectivity index (χ4v) is 2.22. The minimum Gasteiger partial charge on any atom is -0.253 e. The molecule has 1 nitrogen and oxygen atoms in total. The Bertz CT molecular complexity index is 210. The summed E-state index contributed by atoms with van der Waals surface area (Å²) in [7, 11) is 29.8. The van der Waals surface area contributed by atoms with Crippen molar-refractivity contribution in [3.05, 3.63) is 0 Å². The first-order valence-electron chi connectivity index (χ1n) is 4.37. The Balaban J connectivity index is 3.00. The fraction of sp³-hybridized carbons (Fsp3) is 1.00. The van der Waals surface area contributed by atoms with E-state index in [-0.39, 0.29) is 0 Å². The maximum atomic E-state index is 6.01. The average molecular weight is 194 g/mol. The average Bonchev–Trinajstić information content (AvgIpc) is 1.99. The molecular weight excluding hydrogens is 184 g/mol. The van der Waals surface area contributed by atoms with Gasteiger partial charge in [-0.3, -0.25) is 4.31 Å². The highest BCUT2D eigenvalue weighted by molar-refractivity contribution is 7.96. The second-order valence-electron chi connectivity index (χ2n) is 4.26. The zero-order valence-corrected chi connectivity index (χ0v) is 9.47. The molecule has 0 aromatic carbocycles. The van der Waals surface area contributed by atoms with Crippen LogP contribution in [0.4, 0.5) is 0 Å². The van der Waals surface area contributed by atoms with E-state index in [4.69, 9.17) is 39.2 Å². The lowest BCUT2D eigenvalue weighted by Crippen LogP contribution is -2.54. The molecule has 0 spiro atoms. The Kier molecular flexibility index (Phi) is 3.25. The van der Waals surface area contributed by atoms with Gasteiger partial charge in [0.1, 0.15) is 0 Å². The van der Waals surface area contributed by atoms with E-state index in [1.54, 1.807) is 6.92 Å². The topological polar surface area (TPSA) is 3.24 Å². The van der Waals surface area contributed by atoms with Crippen LogP contribution in [0.15, 0.2) is 0 Å².